The van der Waals surface area contributed by atoms with Crippen LogP contribution in [0.25, 0.3) is 21.5 Å². The molecule has 1 aliphatic heterocycles. The van der Waals surface area contributed by atoms with E-state index in [1.54, 1.807) is 0 Å². The van der Waals surface area contributed by atoms with Crippen LogP contribution in [0.5, 0.6) is 5.75 Å². The Labute approximate surface area is 117 Å². The maximum Gasteiger partial charge on any atom is 0.155 e. The monoisotopic (exact) mass is 261 g/mol. The van der Waals surface area contributed by atoms with Crippen LogP contribution in [0.4, 0.5) is 0 Å². The Morgan fingerprint density at radius 2 is 1.55 bits per heavy atom. The van der Waals surface area contributed by atoms with E-state index in [0.29, 0.717) is 0 Å². The average Bonchev–Trinajstić information content (AvgIpc) is 2.98. The van der Waals surface area contributed by atoms with Crippen LogP contribution in [0.1, 0.15) is 6.42 Å². The van der Waals surface area contributed by atoms with Crippen LogP contribution in [-0.4, -0.2) is 11.6 Å². The number of hydrogen-bond acceptors (Lipinski definition) is 2. The minimum Gasteiger partial charge on any atom is -0.380 e. The van der Waals surface area contributed by atoms with Crippen LogP contribution in [0.2, 0.25) is 0 Å². The second kappa shape index (κ2) is 4.57. The Balaban J connectivity index is 1.77. The highest BCUT2D eigenvalue weighted by atomic mass is 16.7. The van der Waals surface area contributed by atoms with Gasteiger partial charge in [0.15, 0.2) is 5.75 Å². The molecule has 0 spiro atoms. The predicted octanol–water partition coefficient (Wildman–Crippen LogP) is 4.51. The zero-order chi connectivity index (χ0) is 13.4. The number of rotatable bonds is 2. The molecular weight excluding hydrogens is 246 g/mol. The van der Waals surface area contributed by atoms with Crippen LogP contribution in [0.3, 0.4) is 0 Å². The smallest absolute Gasteiger partial charge is 0.155 e. The molecule has 0 aliphatic carbocycles. The van der Waals surface area contributed by atoms with Crippen molar-refractivity contribution in [3.05, 3.63) is 66.9 Å². The van der Waals surface area contributed by atoms with E-state index in [9.17, 15) is 0 Å². The summed E-state index contributed by atoms with van der Waals surface area (Å²) >= 11 is 0. The molecule has 4 rings (SSSR count). The first-order chi connectivity index (χ1) is 9.88. The second-order valence-corrected chi connectivity index (χ2v) is 5.11. The lowest BCUT2D eigenvalue weighted by atomic mass is 10.0. The molecule has 2 heteroatoms. The quantitative estimate of drug-likeness (QED) is 0.629. The van der Waals surface area contributed by atoms with Gasteiger partial charge in [0.05, 0.1) is 6.54 Å². The highest BCUT2D eigenvalue weighted by Gasteiger charge is 2.07. The number of hydrogen-bond donors (Lipinski definition) is 0. The zero-order valence-corrected chi connectivity index (χ0v) is 11.1. The normalized spacial score (nSPS) is 14.3. The van der Waals surface area contributed by atoms with E-state index in [1.165, 1.54) is 21.5 Å². The molecule has 0 saturated heterocycles. The molecule has 1 aliphatic rings. The van der Waals surface area contributed by atoms with Gasteiger partial charge in [-0.05, 0) is 52.2 Å². The molecule has 0 aromatic heterocycles. The van der Waals surface area contributed by atoms with Gasteiger partial charge in [0.2, 0.25) is 0 Å². The van der Waals surface area contributed by atoms with Crippen molar-refractivity contribution in [3.8, 4) is 5.75 Å². The molecule has 0 saturated carbocycles. The van der Waals surface area contributed by atoms with E-state index >= 15 is 0 Å². The lowest BCUT2D eigenvalue weighted by Gasteiger charge is -2.16. The van der Waals surface area contributed by atoms with E-state index in [2.05, 4.69) is 54.6 Å². The molecule has 0 radical (unpaired) electrons. The van der Waals surface area contributed by atoms with Gasteiger partial charge in [-0.2, -0.15) is 0 Å². The summed E-state index contributed by atoms with van der Waals surface area (Å²) in [5.41, 5.74) is 0. The van der Waals surface area contributed by atoms with E-state index in [4.69, 9.17) is 4.84 Å². The van der Waals surface area contributed by atoms with Crippen LogP contribution in [0.15, 0.2) is 66.9 Å². The van der Waals surface area contributed by atoms with Crippen LogP contribution >= 0.6 is 0 Å². The lowest BCUT2D eigenvalue weighted by molar-refractivity contribution is 0.00310. The van der Waals surface area contributed by atoms with Gasteiger partial charge in [-0.25, -0.2) is 5.06 Å². The van der Waals surface area contributed by atoms with Gasteiger partial charge in [-0.3, -0.25) is 0 Å². The molecule has 1 heterocycles. The molecule has 20 heavy (non-hydrogen) atoms. The van der Waals surface area contributed by atoms with Gasteiger partial charge >= 0.3 is 0 Å². The first-order valence-corrected chi connectivity index (χ1v) is 6.92. The molecular formula is C18H15NO. The average molecular weight is 261 g/mol. The predicted molar refractivity (Wildman–Crippen MR) is 82.5 cm³/mol. The van der Waals surface area contributed by atoms with E-state index in [0.717, 1.165) is 18.7 Å². The topological polar surface area (TPSA) is 12.5 Å². The first-order valence-electron chi connectivity index (χ1n) is 6.92. The number of fused-ring (bicyclic) bond motifs is 2. The van der Waals surface area contributed by atoms with Crippen molar-refractivity contribution >= 4 is 21.5 Å². The number of benzene rings is 3. The lowest BCUT2D eigenvalue weighted by Crippen LogP contribution is -2.18. The van der Waals surface area contributed by atoms with Gasteiger partial charge in [0, 0.05) is 6.20 Å². The van der Waals surface area contributed by atoms with Crippen molar-refractivity contribution in [2.24, 2.45) is 0 Å². The summed E-state index contributed by atoms with van der Waals surface area (Å²) in [6.45, 7) is 0.926. The molecule has 2 nitrogen and oxygen atoms in total. The molecule has 3 aromatic carbocycles. The molecule has 0 amide bonds. The van der Waals surface area contributed by atoms with E-state index in [-0.39, 0.29) is 0 Å². The highest BCUT2D eigenvalue weighted by molar-refractivity contribution is 5.98. The summed E-state index contributed by atoms with van der Waals surface area (Å²) in [5.74, 6) is 0.888. The molecule has 0 bridgehead atoms. The van der Waals surface area contributed by atoms with Gasteiger partial charge in [0.1, 0.15) is 0 Å². The molecule has 98 valence electrons. The molecule has 0 fully saturated rings. The highest BCUT2D eigenvalue weighted by Crippen LogP contribution is 2.26. The van der Waals surface area contributed by atoms with Crippen molar-refractivity contribution in [2.45, 2.75) is 6.42 Å². The van der Waals surface area contributed by atoms with Crippen molar-refractivity contribution in [1.82, 2.24) is 5.06 Å². The summed E-state index contributed by atoms with van der Waals surface area (Å²) in [7, 11) is 0. The van der Waals surface area contributed by atoms with Gasteiger partial charge in [-0.1, -0.05) is 36.4 Å². The third kappa shape index (κ3) is 1.99. The molecule has 0 atom stereocenters. The van der Waals surface area contributed by atoms with Crippen molar-refractivity contribution < 1.29 is 4.84 Å². The SMILES string of the molecule is C1=CN(Oc2ccc3cc4ccccc4cc3c2)CC1. The fourth-order valence-electron chi connectivity index (χ4n) is 2.65. The Morgan fingerprint density at radius 3 is 2.30 bits per heavy atom. The van der Waals surface area contributed by atoms with Crippen molar-refractivity contribution in [2.75, 3.05) is 6.54 Å². The fraction of sp³-hybridized carbons (Fsp3) is 0.111. The molecule has 0 unspecified atom stereocenters. The Hall–Kier alpha value is -2.48. The fourth-order valence-corrected chi connectivity index (χ4v) is 2.65. The standard InChI is InChI=1S/C18H15NO/c1-2-6-15-12-17-13-18(20-19-9-3-4-10-19)8-7-16(17)11-14(15)5-1/h1-3,5-9,11-13H,4,10H2. The minimum atomic E-state index is 0.888. The Kier molecular flexibility index (Phi) is 2.59. The van der Waals surface area contributed by atoms with Gasteiger partial charge in [0.25, 0.3) is 0 Å². The Morgan fingerprint density at radius 1 is 0.800 bits per heavy atom. The first kappa shape index (κ1) is 11.4. The molecule has 0 N–H and O–H groups in total. The summed E-state index contributed by atoms with van der Waals surface area (Å²) in [6, 6.07) is 19.1. The van der Waals surface area contributed by atoms with Crippen LogP contribution in [-0.2, 0) is 0 Å². The summed E-state index contributed by atoms with van der Waals surface area (Å²) in [4.78, 5) is 5.84. The molecule has 3 aromatic rings. The number of hydroxylamine groups is 2. The summed E-state index contributed by atoms with van der Waals surface area (Å²) in [6.07, 6.45) is 5.16. The van der Waals surface area contributed by atoms with E-state index in [1.807, 2.05) is 17.3 Å². The maximum absolute atomic E-state index is 5.84. The van der Waals surface area contributed by atoms with Crippen molar-refractivity contribution in [3.63, 3.8) is 0 Å². The van der Waals surface area contributed by atoms with Crippen LogP contribution in [0, 0.1) is 0 Å². The largest absolute Gasteiger partial charge is 0.380 e. The minimum absolute atomic E-state index is 0.888. The summed E-state index contributed by atoms with van der Waals surface area (Å²) < 4.78 is 0. The second-order valence-electron chi connectivity index (χ2n) is 5.11. The Bertz CT molecular complexity index is 807. The summed E-state index contributed by atoms with van der Waals surface area (Å²) in [5, 5.41) is 6.87. The van der Waals surface area contributed by atoms with Crippen LogP contribution < -0.4 is 4.84 Å². The van der Waals surface area contributed by atoms with Gasteiger partial charge in [-0.15, -0.1) is 0 Å². The third-order valence-corrected chi connectivity index (χ3v) is 3.69. The van der Waals surface area contributed by atoms with E-state index < -0.39 is 0 Å². The zero-order valence-electron chi connectivity index (χ0n) is 11.1. The maximum atomic E-state index is 5.84. The van der Waals surface area contributed by atoms with Gasteiger partial charge < -0.3 is 4.84 Å². The van der Waals surface area contributed by atoms with Crippen molar-refractivity contribution in [1.29, 1.82) is 0 Å². The number of nitrogens with zero attached hydrogens (tertiary/aromatic N) is 1. The third-order valence-electron chi connectivity index (χ3n) is 3.69.